The Morgan fingerprint density at radius 2 is 1.63 bits per heavy atom. The smallest absolute Gasteiger partial charge is 0.312 e. The first kappa shape index (κ1) is 46.7. The second kappa shape index (κ2) is 23.2. The quantitative estimate of drug-likeness (QED) is 0.0825. The number of urea groups is 1. The molecular weight excluding hydrogens is 688 g/mol. The number of rotatable bonds is 16. The van der Waals surface area contributed by atoms with Gasteiger partial charge in [0.25, 0.3) is 16.0 Å². The van der Waals surface area contributed by atoms with Crippen LogP contribution >= 0.6 is 0 Å². The van der Waals surface area contributed by atoms with Crippen molar-refractivity contribution in [2.75, 3.05) is 37.2 Å². The van der Waals surface area contributed by atoms with Gasteiger partial charge in [-0.2, -0.15) is 8.42 Å². The minimum absolute atomic E-state index is 0.128. The summed E-state index contributed by atoms with van der Waals surface area (Å²) in [6.07, 6.45) is 0.933. The Morgan fingerprint density at radius 1 is 1.02 bits per heavy atom. The highest BCUT2D eigenvalue weighted by Crippen LogP contribution is 2.21. The molecule has 1 fully saturated rings. The Kier molecular flexibility index (Phi) is 21.2. The average molecular weight is 745 g/mol. The number of likely N-dealkylation sites (tertiary alicyclic amines) is 1. The zero-order valence-corrected chi connectivity index (χ0v) is 31.5. The Balaban J connectivity index is 0.00000247. The predicted molar refractivity (Wildman–Crippen MR) is 192 cm³/mol. The van der Waals surface area contributed by atoms with E-state index >= 15 is 0 Å². The second-order valence-corrected chi connectivity index (χ2v) is 13.5. The maximum atomic E-state index is 13.0. The first-order valence-electron chi connectivity index (χ1n) is 16.7. The molecule has 1 heterocycles. The Hall–Kier alpha value is -4.33. The van der Waals surface area contributed by atoms with Crippen LogP contribution in [0.4, 0.5) is 10.5 Å². The van der Waals surface area contributed by atoms with E-state index in [-0.39, 0.29) is 35.8 Å². The predicted octanol–water partition coefficient (Wildman–Crippen LogP) is 0.0736. The molecule has 51 heavy (non-hydrogen) atoms. The van der Waals surface area contributed by atoms with Crippen molar-refractivity contribution in [2.45, 2.75) is 92.6 Å². The largest absolute Gasteiger partial charge is 0.461 e. The van der Waals surface area contributed by atoms with E-state index in [1.54, 1.807) is 33.8 Å². The molecule has 2 atom stereocenters. The Morgan fingerprint density at radius 3 is 2.08 bits per heavy atom. The number of amides is 6. The van der Waals surface area contributed by atoms with Crippen molar-refractivity contribution < 1.29 is 46.5 Å². The van der Waals surface area contributed by atoms with Crippen LogP contribution in [0.2, 0.25) is 0 Å². The molecule has 1 aromatic rings. The number of nitrogens with one attached hydrogen (secondary N) is 5. The number of hydrogen-bond acceptors (Lipinski definition) is 11. The minimum Gasteiger partial charge on any atom is -0.461 e. The van der Waals surface area contributed by atoms with Gasteiger partial charge in [-0.3, -0.25) is 28.5 Å². The molecule has 0 saturated carbocycles. The van der Waals surface area contributed by atoms with E-state index < -0.39 is 70.1 Å². The zero-order valence-electron chi connectivity index (χ0n) is 30.7. The number of esters is 1. The fourth-order valence-electron chi connectivity index (χ4n) is 4.34. The molecule has 18 nitrogen and oxygen atoms in total. The summed E-state index contributed by atoms with van der Waals surface area (Å²) >= 11 is 0. The molecule has 1 aromatic carbocycles. The number of nitrogens with zero attached hydrogens (tertiary/aromatic N) is 1. The van der Waals surface area contributed by atoms with Gasteiger partial charge in [0.15, 0.2) is 0 Å². The first-order valence-corrected chi connectivity index (χ1v) is 18.3. The van der Waals surface area contributed by atoms with Gasteiger partial charge < -0.3 is 47.7 Å². The summed E-state index contributed by atoms with van der Waals surface area (Å²) in [6, 6.07) is 1.21. The SMILES string of the molecule is CC.CC(=O)OCc1ccc(NC(=O)CNC(=O)C(NC(=O)C(CS(=O)(=O)O)NC(C)C)C(C)C)cc1C(=O)N1CC(N)C1.CCCNC(N)=O. The first-order chi connectivity index (χ1) is 23.7. The molecule has 6 amide bonds. The second-order valence-electron chi connectivity index (χ2n) is 12.0. The molecular formula is C32H56N8O10S. The van der Waals surface area contributed by atoms with Gasteiger partial charge in [0, 0.05) is 55.5 Å². The van der Waals surface area contributed by atoms with E-state index in [1.807, 2.05) is 20.8 Å². The van der Waals surface area contributed by atoms with E-state index in [4.69, 9.17) is 16.2 Å². The summed E-state index contributed by atoms with van der Waals surface area (Å²) in [5, 5.41) is 12.7. The van der Waals surface area contributed by atoms with Gasteiger partial charge in [-0.1, -0.05) is 54.5 Å². The van der Waals surface area contributed by atoms with Crippen molar-refractivity contribution in [3.8, 4) is 0 Å². The Labute approximate surface area is 300 Å². The van der Waals surface area contributed by atoms with E-state index in [0.717, 1.165) is 6.42 Å². The molecule has 290 valence electrons. The summed E-state index contributed by atoms with van der Waals surface area (Å²) < 4.78 is 37.0. The summed E-state index contributed by atoms with van der Waals surface area (Å²) in [4.78, 5) is 73.9. The lowest BCUT2D eigenvalue weighted by Crippen LogP contribution is -2.58. The number of nitrogens with two attached hydrogens (primary N) is 2. The van der Waals surface area contributed by atoms with Crippen LogP contribution < -0.4 is 38.1 Å². The normalized spacial score (nSPS) is 13.6. The van der Waals surface area contributed by atoms with Crippen molar-refractivity contribution in [3.05, 3.63) is 29.3 Å². The van der Waals surface area contributed by atoms with Gasteiger partial charge in [-0.15, -0.1) is 0 Å². The molecule has 2 unspecified atom stereocenters. The van der Waals surface area contributed by atoms with E-state index in [1.165, 1.54) is 24.0 Å². The molecule has 1 saturated heterocycles. The van der Waals surface area contributed by atoms with Crippen LogP contribution in [0, 0.1) is 5.92 Å². The van der Waals surface area contributed by atoms with Crippen LogP contribution in [-0.2, 0) is 40.6 Å². The summed E-state index contributed by atoms with van der Waals surface area (Å²) in [5.41, 5.74) is 11.4. The van der Waals surface area contributed by atoms with Crippen LogP contribution in [0.25, 0.3) is 0 Å². The number of carbonyl (C=O) groups excluding carboxylic acids is 6. The third-order valence-corrected chi connectivity index (χ3v) is 7.45. The number of primary amides is 1. The van der Waals surface area contributed by atoms with Crippen LogP contribution in [0.3, 0.4) is 0 Å². The van der Waals surface area contributed by atoms with Crippen molar-refractivity contribution in [2.24, 2.45) is 17.4 Å². The number of ether oxygens (including phenoxy) is 1. The third kappa shape index (κ3) is 19.0. The van der Waals surface area contributed by atoms with Gasteiger partial charge in [-0.05, 0) is 24.5 Å². The summed E-state index contributed by atoms with van der Waals surface area (Å²) in [7, 11) is -4.49. The lowest BCUT2D eigenvalue weighted by molar-refractivity contribution is -0.142. The van der Waals surface area contributed by atoms with Gasteiger partial charge in [0.1, 0.15) is 18.7 Å². The van der Waals surface area contributed by atoms with Gasteiger partial charge in [-0.25, -0.2) is 4.79 Å². The molecule has 0 aromatic heterocycles. The molecule has 1 aliphatic heterocycles. The maximum Gasteiger partial charge on any atom is 0.312 e. The fraction of sp³-hybridized carbons (Fsp3) is 0.625. The average Bonchev–Trinajstić information content (AvgIpc) is 3.02. The summed E-state index contributed by atoms with van der Waals surface area (Å²) in [5.74, 6) is -4.30. The van der Waals surface area contributed by atoms with Crippen molar-refractivity contribution in [1.29, 1.82) is 0 Å². The zero-order chi connectivity index (χ0) is 39.5. The monoisotopic (exact) mass is 744 g/mol. The fourth-order valence-corrected chi connectivity index (χ4v) is 5.01. The van der Waals surface area contributed by atoms with Crippen LogP contribution in [0.1, 0.15) is 77.7 Å². The molecule has 0 spiro atoms. The lowest BCUT2D eigenvalue weighted by Gasteiger charge is -2.37. The topological polar surface area (TPSA) is 281 Å². The number of anilines is 1. The molecule has 0 bridgehead atoms. The number of benzene rings is 1. The van der Waals surface area contributed by atoms with E-state index in [2.05, 4.69) is 26.6 Å². The maximum absolute atomic E-state index is 13.0. The van der Waals surface area contributed by atoms with Crippen molar-refractivity contribution in [3.63, 3.8) is 0 Å². The van der Waals surface area contributed by atoms with Gasteiger partial charge in [0.2, 0.25) is 17.7 Å². The van der Waals surface area contributed by atoms with Crippen molar-refractivity contribution >= 4 is 51.4 Å². The number of hydrogen-bond donors (Lipinski definition) is 8. The lowest BCUT2D eigenvalue weighted by atomic mass is 10.0. The third-order valence-electron chi connectivity index (χ3n) is 6.70. The van der Waals surface area contributed by atoms with Crippen LogP contribution in [0.15, 0.2) is 18.2 Å². The molecule has 19 heteroatoms. The van der Waals surface area contributed by atoms with Crippen LogP contribution in [0.5, 0.6) is 0 Å². The highest BCUT2D eigenvalue weighted by atomic mass is 32.2. The van der Waals surface area contributed by atoms with Crippen LogP contribution in [-0.4, -0.2) is 110 Å². The molecule has 1 aliphatic rings. The summed E-state index contributed by atoms with van der Waals surface area (Å²) in [6.45, 7) is 14.7. The minimum atomic E-state index is -4.49. The molecule has 2 rings (SSSR count). The highest BCUT2D eigenvalue weighted by molar-refractivity contribution is 7.85. The Bertz CT molecular complexity index is 1430. The molecule has 10 N–H and O–H groups in total. The van der Waals surface area contributed by atoms with Crippen molar-refractivity contribution in [1.82, 2.24) is 26.2 Å². The van der Waals surface area contributed by atoms with E-state index in [9.17, 15) is 41.7 Å². The molecule has 0 aliphatic carbocycles. The van der Waals surface area contributed by atoms with Gasteiger partial charge >= 0.3 is 12.0 Å². The molecule has 0 radical (unpaired) electrons. The standard InChI is InChI=1S/C26H40N6O9S.C4H10N2O.C2H6/c1-14(2)23(31-24(35)21(29-15(3)4)13-42(38,39)40)25(36)28-9-22(34)30-19-7-6-17(12-41-16(5)33)20(8-19)26(37)32-10-18(27)11-32;1-2-3-6-4(5)7;1-2/h6-8,14-15,18,21,23,29H,9-13,27H2,1-5H3,(H,28,36)(H,30,34)(H,31,35)(H,38,39,40);2-3H2,1H3,(H3,5,6,7);1-2H3. The number of carbonyl (C=O) groups is 6. The van der Waals surface area contributed by atoms with Gasteiger partial charge in [0.05, 0.1) is 12.3 Å². The van der Waals surface area contributed by atoms with E-state index in [0.29, 0.717) is 25.2 Å². The highest BCUT2D eigenvalue weighted by Gasteiger charge is 2.32.